The van der Waals surface area contributed by atoms with E-state index in [1.54, 1.807) is 18.2 Å². The van der Waals surface area contributed by atoms with E-state index in [1.807, 2.05) is 19.1 Å². The first kappa shape index (κ1) is 17.3. The zero-order valence-corrected chi connectivity index (χ0v) is 13.9. The fraction of sp³-hybridized carbons (Fsp3) is 0.200. The van der Waals surface area contributed by atoms with Gasteiger partial charge in [-0.25, -0.2) is 8.78 Å². The first-order chi connectivity index (χ1) is 12.1. The molecule has 0 aliphatic carbocycles. The van der Waals surface area contributed by atoms with E-state index in [-0.39, 0.29) is 18.0 Å². The molecule has 0 aliphatic rings. The minimum absolute atomic E-state index is 0.267. The summed E-state index contributed by atoms with van der Waals surface area (Å²) in [4.78, 5) is 0. The molecule has 0 atom stereocenters. The molecule has 0 radical (unpaired) electrons. The molecular weight excluding hydrogens is 324 g/mol. The van der Waals surface area contributed by atoms with E-state index in [4.69, 9.17) is 9.52 Å². The minimum atomic E-state index is -0.406. The highest BCUT2D eigenvalue weighted by Crippen LogP contribution is 2.26. The van der Waals surface area contributed by atoms with Crippen LogP contribution in [0.2, 0.25) is 0 Å². The van der Waals surface area contributed by atoms with Crippen LogP contribution < -0.4 is 5.32 Å². The van der Waals surface area contributed by atoms with Crippen LogP contribution in [-0.2, 0) is 19.7 Å². The largest absolute Gasteiger partial charge is 0.460 e. The lowest BCUT2D eigenvalue weighted by Gasteiger charge is -2.06. The van der Waals surface area contributed by atoms with Gasteiger partial charge in [-0.15, -0.1) is 0 Å². The quantitative estimate of drug-likeness (QED) is 0.701. The smallest absolute Gasteiger partial charge is 0.134 e. The number of nitrogens with one attached hydrogen (secondary N) is 1. The second-order valence-electron chi connectivity index (χ2n) is 5.91. The summed E-state index contributed by atoms with van der Waals surface area (Å²) in [5.41, 5.74) is 2.84. The fourth-order valence-electron chi connectivity index (χ4n) is 2.71. The Hall–Kier alpha value is -2.50. The van der Waals surface area contributed by atoms with Crippen LogP contribution in [0.25, 0.3) is 11.3 Å². The molecule has 0 saturated heterocycles. The van der Waals surface area contributed by atoms with Gasteiger partial charge >= 0.3 is 0 Å². The number of aryl methyl sites for hydroxylation is 1. The Labute approximate surface area is 144 Å². The number of aliphatic hydroxyl groups is 1. The second kappa shape index (κ2) is 7.59. The van der Waals surface area contributed by atoms with Crippen LogP contribution in [-0.4, -0.2) is 5.11 Å². The Morgan fingerprint density at radius 2 is 1.84 bits per heavy atom. The minimum Gasteiger partial charge on any atom is -0.460 e. The number of aliphatic hydroxyl groups excluding tert-OH is 1. The second-order valence-corrected chi connectivity index (χ2v) is 5.91. The maximum Gasteiger partial charge on any atom is 0.134 e. The highest BCUT2D eigenvalue weighted by Gasteiger charge is 2.08. The van der Waals surface area contributed by atoms with E-state index >= 15 is 0 Å². The number of furan rings is 1. The lowest BCUT2D eigenvalue weighted by atomic mass is 10.1. The maximum absolute atomic E-state index is 13.4. The molecule has 25 heavy (non-hydrogen) atoms. The van der Waals surface area contributed by atoms with Crippen LogP contribution in [0.5, 0.6) is 0 Å². The average Bonchev–Trinajstić information content (AvgIpc) is 3.05. The van der Waals surface area contributed by atoms with Crippen molar-refractivity contribution < 1.29 is 18.3 Å². The molecule has 0 amide bonds. The molecule has 2 N–H and O–H groups in total. The van der Waals surface area contributed by atoms with Gasteiger partial charge in [-0.2, -0.15) is 0 Å². The molecule has 0 spiro atoms. The standard InChI is InChI=1S/C20H19F2NO2/c1-13-8-16(21)3-5-18(13)20-7-4-17(25-20)11-23-10-14-2-6-19(22)15(9-14)12-24/h2-9,23-24H,10-12H2,1H3. The van der Waals surface area contributed by atoms with E-state index in [9.17, 15) is 8.78 Å². The molecule has 0 aliphatic heterocycles. The first-order valence-corrected chi connectivity index (χ1v) is 8.01. The van der Waals surface area contributed by atoms with Crippen molar-refractivity contribution in [1.29, 1.82) is 0 Å². The van der Waals surface area contributed by atoms with Crippen molar-refractivity contribution >= 4 is 0 Å². The molecular formula is C20H19F2NO2. The van der Waals surface area contributed by atoms with Crippen molar-refractivity contribution in [3.05, 3.63) is 82.6 Å². The maximum atomic E-state index is 13.4. The summed E-state index contributed by atoms with van der Waals surface area (Å²) in [6.45, 7) is 2.55. The van der Waals surface area contributed by atoms with Gasteiger partial charge in [0.2, 0.25) is 0 Å². The van der Waals surface area contributed by atoms with Gasteiger partial charge in [0, 0.05) is 17.7 Å². The highest BCUT2D eigenvalue weighted by molar-refractivity contribution is 5.62. The van der Waals surface area contributed by atoms with Gasteiger partial charge in [0.1, 0.15) is 23.2 Å². The molecule has 0 saturated carbocycles. The van der Waals surface area contributed by atoms with E-state index in [0.29, 0.717) is 18.8 Å². The Kier molecular flexibility index (Phi) is 5.26. The first-order valence-electron chi connectivity index (χ1n) is 8.01. The summed E-state index contributed by atoms with van der Waals surface area (Å²) in [6, 6.07) is 13.0. The Balaban J connectivity index is 1.62. The molecule has 3 rings (SSSR count). The predicted octanol–water partition coefficient (Wildman–Crippen LogP) is 4.32. The highest BCUT2D eigenvalue weighted by atomic mass is 19.1. The van der Waals surface area contributed by atoms with E-state index < -0.39 is 5.82 Å². The van der Waals surface area contributed by atoms with Crippen molar-refractivity contribution in [3.63, 3.8) is 0 Å². The topological polar surface area (TPSA) is 45.4 Å². The Bertz CT molecular complexity index is 874. The van der Waals surface area contributed by atoms with Gasteiger partial charge in [-0.1, -0.05) is 6.07 Å². The number of hydrogen-bond donors (Lipinski definition) is 2. The van der Waals surface area contributed by atoms with Crippen molar-refractivity contribution in [2.75, 3.05) is 0 Å². The lowest BCUT2D eigenvalue weighted by molar-refractivity contribution is 0.275. The van der Waals surface area contributed by atoms with Crippen LogP contribution >= 0.6 is 0 Å². The van der Waals surface area contributed by atoms with Crippen molar-refractivity contribution in [2.24, 2.45) is 0 Å². The Morgan fingerprint density at radius 3 is 2.60 bits per heavy atom. The molecule has 5 heteroatoms. The van der Waals surface area contributed by atoms with Crippen molar-refractivity contribution in [1.82, 2.24) is 5.32 Å². The molecule has 1 heterocycles. The van der Waals surface area contributed by atoms with Crippen molar-refractivity contribution in [2.45, 2.75) is 26.6 Å². The summed E-state index contributed by atoms with van der Waals surface area (Å²) in [5.74, 6) is 0.773. The summed E-state index contributed by atoms with van der Waals surface area (Å²) in [5, 5.41) is 12.3. The van der Waals surface area contributed by atoms with Crippen LogP contribution in [0, 0.1) is 18.6 Å². The SMILES string of the molecule is Cc1cc(F)ccc1-c1ccc(CNCc2ccc(F)c(CO)c2)o1. The molecule has 3 aromatic rings. The Morgan fingerprint density at radius 1 is 1.00 bits per heavy atom. The van der Waals surface area contributed by atoms with Crippen molar-refractivity contribution in [3.8, 4) is 11.3 Å². The van der Waals surface area contributed by atoms with Gasteiger partial charge in [0.05, 0.1) is 13.2 Å². The summed E-state index contributed by atoms with van der Waals surface area (Å²) >= 11 is 0. The van der Waals surface area contributed by atoms with Crippen LogP contribution in [0.4, 0.5) is 8.78 Å². The van der Waals surface area contributed by atoms with E-state index in [0.717, 1.165) is 22.5 Å². The third-order valence-corrected chi connectivity index (χ3v) is 4.02. The number of hydrogen-bond acceptors (Lipinski definition) is 3. The van der Waals surface area contributed by atoms with Crippen LogP contribution in [0.1, 0.15) is 22.5 Å². The van der Waals surface area contributed by atoms with E-state index in [1.165, 1.54) is 18.2 Å². The summed E-state index contributed by atoms with van der Waals surface area (Å²) in [6.07, 6.45) is 0. The molecule has 1 aromatic heterocycles. The lowest BCUT2D eigenvalue weighted by Crippen LogP contribution is -2.12. The van der Waals surface area contributed by atoms with Crippen LogP contribution in [0.15, 0.2) is 52.9 Å². The molecule has 0 unspecified atom stereocenters. The fourth-order valence-corrected chi connectivity index (χ4v) is 2.71. The zero-order valence-electron chi connectivity index (χ0n) is 13.9. The van der Waals surface area contributed by atoms with Gasteiger partial charge in [-0.05, 0) is 60.5 Å². The van der Waals surface area contributed by atoms with Gasteiger partial charge in [0.15, 0.2) is 0 Å². The monoisotopic (exact) mass is 343 g/mol. The molecule has 130 valence electrons. The zero-order chi connectivity index (χ0) is 17.8. The van der Waals surface area contributed by atoms with E-state index in [2.05, 4.69) is 5.32 Å². The third-order valence-electron chi connectivity index (χ3n) is 4.02. The van der Waals surface area contributed by atoms with Crippen LogP contribution in [0.3, 0.4) is 0 Å². The average molecular weight is 343 g/mol. The predicted molar refractivity (Wildman–Crippen MR) is 91.7 cm³/mol. The van der Waals surface area contributed by atoms with Gasteiger partial charge < -0.3 is 14.8 Å². The normalized spacial score (nSPS) is 11.0. The van der Waals surface area contributed by atoms with Gasteiger partial charge in [-0.3, -0.25) is 0 Å². The summed E-state index contributed by atoms with van der Waals surface area (Å²) in [7, 11) is 0. The molecule has 0 bridgehead atoms. The number of rotatable bonds is 6. The number of benzene rings is 2. The van der Waals surface area contributed by atoms with Gasteiger partial charge in [0.25, 0.3) is 0 Å². The third kappa shape index (κ3) is 4.13. The molecule has 2 aromatic carbocycles. The number of halogens is 2. The summed E-state index contributed by atoms with van der Waals surface area (Å²) < 4.78 is 32.4. The molecule has 0 fully saturated rings. The molecule has 3 nitrogen and oxygen atoms in total.